The number of carbonyl (C=O) groups is 2. The van der Waals surface area contributed by atoms with Gasteiger partial charge in [-0.15, -0.1) is 0 Å². The quantitative estimate of drug-likeness (QED) is 0.655. The number of aromatic nitrogens is 1. The molecule has 196 valence electrons. The Kier molecular flexibility index (Phi) is 9.66. The van der Waals surface area contributed by atoms with Crippen molar-refractivity contribution in [2.24, 2.45) is 5.92 Å². The molecule has 0 aliphatic carbocycles. The molecule has 2 heterocycles. The van der Waals surface area contributed by atoms with Crippen LogP contribution in [0.5, 0.6) is 5.75 Å². The zero-order valence-corrected chi connectivity index (χ0v) is 22.2. The molecular weight excluding hydrogens is 458 g/mol. The first-order valence-electron chi connectivity index (χ1n) is 12.4. The molecule has 0 saturated carbocycles. The smallest absolute Gasteiger partial charge is 0.319 e. The van der Waals surface area contributed by atoms with Crippen LogP contribution in [0.15, 0.2) is 42.6 Å². The molecule has 36 heavy (non-hydrogen) atoms. The number of likely N-dealkylation sites (N-methyl/N-ethyl adjacent to an activating group) is 1. The van der Waals surface area contributed by atoms with Gasteiger partial charge in [0.15, 0.2) is 0 Å². The minimum absolute atomic E-state index is 0.00261. The number of ether oxygens (including phenoxy) is 2. The molecule has 3 atom stereocenters. The summed E-state index contributed by atoms with van der Waals surface area (Å²) in [6.07, 6.45) is 1.66. The summed E-state index contributed by atoms with van der Waals surface area (Å²) >= 11 is 0. The van der Waals surface area contributed by atoms with Gasteiger partial charge in [-0.3, -0.25) is 14.7 Å². The van der Waals surface area contributed by atoms with Crippen molar-refractivity contribution in [3.05, 3.63) is 53.9 Å². The third-order valence-corrected chi connectivity index (χ3v) is 6.34. The van der Waals surface area contributed by atoms with Crippen LogP contribution in [0.4, 0.5) is 10.5 Å². The Labute approximate surface area is 214 Å². The summed E-state index contributed by atoms with van der Waals surface area (Å²) in [7, 11) is 3.46. The molecule has 1 aliphatic heterocycles. The molecule has 0 unspecified atom stereocenters. The van der Waals surface area contributed by atoms with Crippen molar-refractivity contribution in [2.45, 2.75) is 52.4 Å². The maximum absolute atomic E-state index is 13.4. The molecule has 9 nitrogen and oxygen atoms in total. The van der Waals surface area contributed by atoms with Crippen molar-refractivity contribution in [1.82, 2.24) is 20.1 Å². The van der Waals surface area contributed by atoms with Crippen LogP contribution in [-0.2, 0) is 11.3 Å². The summed E-state index contributed by atoms with van der Waals surface area (Å²) in [4.78, 5) is 34.1. The maximum Gasteiger partial charge on any atom is 0.319 e. The van der Waals surface area contributed by atoms with Gasteiger partial charge in [0, 0.05) is 63.8 Å². The van der Waals surface area contributed by atoms with Gasteiger partial charge in [0.25, 0.3) is 5.91 Å². The molecule has 3 amide bonds. The summed E-state index contributed by atoms with van der Waals surface area (Å²) < 4.78 is 12.1. The van der Waals surface area contributed by atoms with Crippen molar-refractivity contribution in [2.75, 3.05) is 39.2 Å². The number of pyridine rings is 1. The zero-order valence-electron chi connectivity index (χ0n) is 22.2. The Morgan fingerprint density at radius 1 is 1.22 bits per heavy atom. The Morgan fingerprint density at radius 2 is 2.00 bits per heavy atom. The van der Waals surface area contributed by atoms with Crippen LogP contribution < -0.4 is 15.4 Å². The summed E-state index contributed by atoms with van der Waals surface area (Å²) in [5.41, 5.74) is 1.97. The predicted octanol–water partition coefficient (Wildman–Crippen LogP) is 3.62. The molecule has 2 aromatic rings. The highest BCUT2D eigenvalue weighted by atomic mass is 16.5. The Hall–Kier alpha value is -3.17. The number of hydrogen-bond donors (Lipinski definition) is 2. The van der Waals surface area contributed by atoms with Gasteiger partial charge in [-0.05, 0) is 51.0 Å². The number of methoxy groups -OCH3 is 1. The second-order valence-corrected chi connectivity index (χ2v) is 9.81. The fourth-order valence-corrected chi connectivity index (χ4v) is 4.27. The normalized spacial score (nSPS) is 21.7. The number of fused-ring (bicyclic) bond motifs is 1. The maximum atomic E-state index is 13.4. The van der Waals surface area contributed by atoms with Gasteiger partial charge in [-0.2, -0.15) is 0 Å². The highest BCUT2D eigenvalue weighted by molar-refractivity contribution is 5.98. The lowest BCUT2D eigenvalue weighted by atomic mass is 10.0. The number of hydrogen-bond acceptors (Lipinski definition) is 6. The van der Waals surface area contributed by atoms with Gasteiger partial charge in [-0.1, -0.05) is 13.0 Å². The lowest BCUT2D eigenvalue weighted by Gasteiger charge is -2.35. The van der Waals surface area contributed by atoms with E-state index >= 15 is 0 Å². The molecule has 9 heteroatoms. The van der Waals surface area contributed by atoms with E-state index in [4.69, 9.17) is 9.47 Å². The second-order valence-electron chi connectivity index (χ2n) is 9.81. The van der Waals surface area contributed by atoms with Gasteiger partial charge >= 0.3 is 6.03 Å². The van der Waals surface area contributed by atoms with E-state index < -0.39 is 0 Å². The molecule has 1 aromatic carbocycles. The third kappa shape index (κ3) is 7.41. The van der Waals surface area contributed by atoms with Gasteiger partial charge in [0.05, 0.1) is 17.4 Å². The minimum Gasteiger partial charge on any atom is -0.491 e. The molecule has 0 bridgehead atoms. The molecule has 0 spiro atoms. The summed E-state index contributed by atoms with van der Waals surface area (Å²) in [6.45, 7) is 10.3. The lowest BCUT2D eigenvalue weighted by Crippen LogP contribution is -2.46. The third-order valence-electron chi connectivity index (χ3n) is 6.34. The molecule has 0 saturated heterocycles. The first-order valence-corrected chi connectivity index (χ1v) is 12.4. The molecular formula is C27H39N5O4. The summed E-state index contributed by atoms with van der Waals surface area (Å²) in [6, 6.07) is 10.8. The zero-order chi connectivity index (χ0) is 26.2. The van der Waals surface area contributed by atoms with Crippen LogP contribution in [0, 0.1) is 5.92 Å². The average Bonchev–Trinajstić information content (AvgIpc) is 2.84. The fraction of sp³-hybridized carbons (Fsp3) is 0.519. The fourth-order valence-electron chi connectivity index (χ4n) is 4.27. The minimum atomic E-state index is -0.312. The van der Waals surface area contributed by atoms with Crippen LogP contribution in [0.3, 0.4) is 0 Å². The lowest BCUT2D eigenvalue weighted by molar-refractivity contribution is 0.00901. The van der Waals surface area contributed by atoms with E-state index in [-0.39, 0.29) is 36.0 Å². The van der Waals surface area contributed by atoms with Crippen LogP contribution >= 0.6 is 0 Å². The number of carbonyl (C=O) groups excluding carboxylic acids is 2. The van der Waals surface area contributed by atoms with E-state index in [1.54, 1.807) is 43.5 Å². The number of nitrogens with zero attached hydrogens (tertiary/aromatic N) is 3. The van der Waals surface area contributed by atoms with Crippen LogP contribution in [-0.4, -0.2) is 78.8 Å². The largest absolute Gasteiger partial charge is 0.491 e. The number of nitrogens with one attached hydrogen (secondary N) is 2. The topological polar surface area (TPSA) is 96.0 Å². The molecule has 3 rings (SSSR count). The second kappa shape index (κ2) is 12.7. The van der Waals surface area contributed by atoms with Gasteiger partial charge in [0.1, 0.15) is 12.4 Å². The van der Waals surface area contributed by atoms with E-state index in [1.807, 2.05) is 32.0 Å². The predicted molar refractivity (Wildman–Crippen MR) is 140 cm³/mol. The average molecular weight is 498 g/mol. The van der Waals surface area contributed by atoms with E-state index in [0.717, 1.165) is 12.2 Å². The highest BCUT2D eigenvalue weighted by Gasteiger charge is 2.28. The number of benzene rings is 1. The first-order chi connectivity index (χ1) is 17.2. The van der Waals surface area contributed by atoms with Crippen molar-refractivity contribution >= 4 is 17.6 Å². The molecule has 1 aromatic heterocycles. The Balaban J connectivity index is 1.91. The SMILES string of the molecule is CO[C@@H]1CN(C)C(=O)c2ccc(NC(=O)NC(C)C)cc2OC[C@H](C)N(Cc2ccccn2)C[C@H]1C. The van der Waals surface area contributed by atoms with Crippen molar-refractivity contribution in [3.8, 4) is 5.75 Å². The van der Waals surface area contributed by atoms with Crippen molar-refractivity contribution in [3.63, 3.8) is 0 Å². The van der Waals surface area contributed by atoms with Crippen molar-refractivity contribution < 1.29 is 19.1 Å². The van der Waals surface area contributed by atoms with E-state index in [1.165, 1.54) is 0 Å². The van der Waals surface area contributed by atoms with E-state index in [9.17, 15) is 9.59 Å². The number of rotatable bonds is 5. The van der Waals surface area contributed by atoms with Gasteiger partial charge in [0.2, 0.25) is 0 Å². The van der Waals surface area contributed by atoms with Crippen LogP contribution in [0.25, 0.3) is 0 Å². The number of amides is 3. The monoisotopic (exact) mass is 497 g/mol. The van der Waals surface area contributed by atoms with Crippen LogP contribution in [0.1, 0.15) is 43.7 Å². The number of urea groups is 1. The standard InChI is InChI=1S/C27H39N5O4/c1-18(2)29-27(34)30-21-10-11-23-24(13-21)36-17-20(4)32(15-22-9-7-8-12-28-22)14-19(3)25(35-6)16-31(5)26(23)33/h7-13,18-20,25H,14-17H2,1-6H3,(H2,29,30,34)/t19-,20+,25-/m1/s1. The van der Waals surface area contributed by atoms with Crippen LogP contribution in [0.2, 0.25) is 0 Å². The molecule has 2 N–H and O–H groups in total. The molecule has 0 fully saturated rings. The van der Waals surface area contributed by atoms with Gasteiger partial charge < -0.3 is 25.0 Å². The number of anilines is 1. The van der Waals surface area contributed by atoms with E-state index in [2.05, 4.69) is 34.4 Å². The van der Waals surface area contributed by atoms with Gasteiger partial charge in [-0.25, -0.2) is 4.79 Å². The Morgan fingerprint density at radius 3 is 2.67 bits per heavy atom. The molecule has 0 radical (unpaired) electrons. The first kappa shape index (κ1) is 27.4. The summed E-state index contributed by atoms with van der Waals surface area (Å²) in [5.74, 6) is 0.443. The highest BCUT2D eigenvalue weighted by Crippen LogP contribution is 2.27. The van der Waals surface area contributed by atoms with E-state index in [0.29, 0.717) is 36.7 Å². The molecule has 1 aliphatic rings. The Bertz CT molecular complexity index is 1020. The van der Waals surface area contributed by atoms with Crippen molar-refractivity contribution in [1.29, 1.82) is 0 Å². The summed E-state index contributed by atoms with van der Waals surface area (Å²) in [5, 5.41) is 5.62.